The lowest BCUT2D eigenvalue weighted by Gasteiger charge is -2.15. The van der Waals surface area contributed by atoms with Gasteiger partial charge in [-0.25, -0.2) is 8.78 Å². The molecule has 0 spiro atoms. The van der Waals surface area contributed by atoms with E-state index in [2.05, 4.69) is 5.32 Å². The van der Waals surface area contributed by atoms with E-state index < -0.39 is 11.6 Å². The molecule has 0 saturated carbocycles. The molecule has 1 aromatic carbocycles. The van der Waals surface area contributed by atoms with Gasteiger partial charge in [-0.15, -0.1) is 11.3 Å². The number of fused-ring (bicyclic) bond motifs is 1. The van der Waals surface area contributed by atoms with Crippen LogP contribution in [0.2, 0.25) is 4.34 Å². The number of halogens is 3. The van der Waals surface area contributed by atoms with Crippen LogP contribution in [-0.2, 0) is 6.42 Å². The molecular weight excluding hydrogens is 276 g/mol. The molecule has 1 nitrogen and oxygen atoms in total. The van der Waals surface area contributed by atoms with Gasteiger partial charge >= 0.3 is 0 Å². The Morgan fingerprint density at radius 1 is 1.28 bits per heavy atom. The molecule has 0 amide bonds. The molecule has 0 aliphatic heterocycles. The maximum Gasteiger partial charge on any atom is 0.149 e. The second-order valence-electron chi connectivity index (χ2n) is 4.29. The molecule has 0 bridgehead atoms. The molecule has 1 aromatic heterocycles. The fourth-order valence-corrected chi connectivity index (χ4v) is 3.63. The van der Waals surface area contributed by atoms with Crippen LogP contribution in [0.4, 0.5) is 14.5 Å². The first kappa shape index (κ1) is 11.9. The summed E-state index contributed by atoms with van der Waals surface area (Å²) in [6.07, 6.45) is 1.86. The van der Waals surface area contributed by atoms with E-state index in [0.717, 1.165) is 28.8 Å². The van der Waals surface area contributed by atoms with Crippen LogP contribution in [-0.4, -0.2) is 0 Å². The first-order valence-electron chi connectivity index (χ1n) is 5.63. The predicted octanol–water partition coefficient (Wildman–Crippen LogP) is 4.78. The van der Waals surface area contributed by atoms with Crippen LogP contribution in [0.15, 0.2) is 24.3 Å². The molecule has 3 rings (SSSR count). The van der Waals surface area contributed by atoms with E-state index in [-0.39, 0.29) is 6.04 Å². The molecule has 1 aliphatic carbocycles. The highest BCUT2D eigenvalue weighted by atomic mass is 35.5. The number of thiophene rings is 1. The Labute approximate surface area is 112 Å². The molecular formula is C13H10ClF2NS. The maximum absolute atomic E-state index is 13.6. The molecule has 5 heteroatoms. The number of hydrogen-bond acceptors (Lipinski definition) is 2. The lowest BCUT2D eigenvalue weighted by molar-refractivity contribution is 0.582. The fourth-order valence-electron chi connectivity index (χ4n) is 2.27. The normalized spacial score (nSPS) is 17.8. The number of hydrogen-bond donors (Lipinski definition) is 1. The summed E-state index contributed by atoms with van der Waals surface area (Å²) in [5.41, 5.74) is 1.46. The Hall–Kier alpha value is -1.13. The van der Waals surface area contributed by atoms with Crippen molar-refractivity contribution in [3.63, 3.8) is 0 Å². The monoisotopic (exact) mass is 285 g/mol. The zero-order valence-electron chi connectivity index (χ0n) is 9.34. The van der Waals surface area contributed by atoms with Gasteiger partial charge in [0.25, 0.3) is 0 Å². The van der Waals surface area contributed by atoms with Crippen molar-refractivity contribution < 1.29 is 8.78 Å². The van der Waals surface area contributed by atoms with Gasteiger partial charge in [0.15, 0.2) is 0 Å². The number of aryl methyl sites for hydroxylation is 1. The zero-order valence-corrected chi connectivity index (χ0v) is 10.9. The van der Waals surface area contributed by atoms with E-state index >= 15 is 0 Å². The van der Waals surface area contributed by atoms with Crippen molar-refractivity contribution in [1.29, 1.82) is 0 Å². The molecule has 1 unspecified atom stereocenters. The third-order valence-corrected chi connectivity index (χ3v) is 4.45. The second-order valence-corrected chi connectivity index (χ2v) is 6.06. The van der Waals surface area contributed by atoms with Crippen molar-refractivity contribution in [1.82, 2.24) is 0 Å². The average molecular weight is 286 g/mol. The molecule has 2 aromatic rings. The lowest BCUT2D eigenvalue weighted by atomic mass is 10.1. The SMILES string of the molecule is Fc1ccc(NC2CCc3sc(Cl)cc32)c(F)c1. The van der Waals surface area contributed by atoms with E-state index in [1.54, 1.807) is 11.3 Å². The standard InChI is InChI=1S/C13H10ClF2NS/c14-13-6-8-10(3-4-12(8)18-13)17-11-2-1-7(15)5-9(11)16/h1-2,5-6,10,17H,3-4H2. The van der Waals surface area contributed by atoms with Crippen LogP contribution in [0.5, 0.6) is 0 Å². The maximum atomic E-state index is 13.6. The van der Waals surface area contributed by atoms with E-state index in [1.165, 1.54) is 17.0 Å². The van der Waals surface area contributed by atoms with Gasteiger partial charge in [-0.05, 0) is 36.6 Å². The van der Waals surface area contributed by atoms with Gasteiger partial charge in [-0.1, -0.05) is 11.6 Å². The minimum Gasteiger partial charge on any atom is -0.376 e. The van der Waals surface area contributed by atoms with Crippen LogP contribution >= 0.6 is 22.9 Å². The van der Waals surface area contributed by atoms with E-state index in [0.29, 0.717) is 5.69 Å². The quantitative estimate of drug-likeness (QED) is 0.837. The van der Waals surface area contributed by atoms with Crippen molar-refractivity contribution >= 4 is 28.6 Å². The van der Waals surface area contributed by atoms with Crippen molar-refractivity contribution in [3.8, 4) is 0 Å². The van der Waals surface area contributed by atoms with Crippen molar-refractivity contribution in [3.05, 3.63) is 50.7 Å². The Kier molecular flexibility index (Phi) is 2.99. The van der Waals surface area contributed by atoms with Crippen molar-refractivity contribution in [2.24, 2.45) is 0 Å². The van der Waals surface area contributed by atoms with Gasteiger partial charge in [0.1, 0.15) is 11.6 Å². The minimum atomic E-state index is -0.566. The van der Waals surface area contributed by atoms with E-state index in [9.17, 15) is 8.78 Å². The van der Waals surface area contributed by atoms with E-state index in [1.807, 2.05) is 6.07 Å². The van der Waals surface area contributed by atoms with Gasteiger partial charge in [0.2, 0.25) is 0 Å². The Morgan fingerprint density at radius 2 is 2.11 bits per heavy atom. The Morgan fingerprint density at radius 3 is 2.89 bits per heavy atom. The lowest BCUT2D eigenvalue weighted by Crippen LogP contribution is -2.08. The van der Waals surface area contributed by atoms with Gasteiger partial charge < -0.3 is 5.32 Å². The van der Waals surface area contributed by atoms with Crippen LogP contribution < -0.4 is 5.32 Å². The van der Waals surface area contributed by atoms with Crippen LogP contribution in [0.25, 0.3) is 0 Å². The van der Waals surface area contributed by atoms with E-state index in [4.69, 9.17) is 11.6 Å². The minimum absolute atomic E-state index is 0.0590. The molecule has 1 aliphatic rings. The smallest absolute Gasteiger partial charge is 0.149 e. The first-order chi connectivity index (χ1) is 8.63. The summed E-state index contributed by atoms with van der Waals surface area (Å²) in [6, 6.07) is 5.55. The van der Waals surface area contributed by atoms with Gasteiger partial charge in [-0.2, -0.15) is 0 Å². The first-order valence-corrected chi connectivity index (χ1v) is 6.82. The molecule has 0 saturated heterocycles. The average Bonchev–Trinajstić information content (AvgIpc) is 2.83. The molecule has 1 atom stereocenters. The summed E-state index contributed by atoms with van der Waals surface area (Å²) in [5.74, 6) is -1.13. The highest BCUT2D eigenvalue weighted by molar-refractivity contribution is 7.16. The summed E-state index contributed by atoms with van der Waals surface area (Å²) in [4.78, 5) is 1.25. The summed E-state index contributed by atoms with van der Waals surface area (Å²) < 4.78 is 27.1. The van der Waals surface area contributed by atoms with Crippen molar-refractivity contribution in [2.75, 3.05) is 5.32 Å². The number of anilines is 1. The third-order valence-electron chi connectivity index (χ3n) is 3.11. The Balaban J connectivity index is 1.85. The molecule has 0 radical (unpaired) electrons. The summed E-state index contributed by atoms with van der Waals surface area (Å²) >= 11 is 7.54. The third kappa shape index (κ3) is 2.10. The highest BCUT2D eigenvalue weighted by Crippen LogP contribution is 2.41. The largest absolute Gasteiger partial charge is 0.376 e. The van der Waals surface area contributed by atoms with Gasteiger partial charge in [-0.3, -0.25) is 0 Å². The van der Waals surface area contributed by atoms with Gasteiger partial charge in [0, 0.05) is 10.9 Å². The molecule has 0 fully saturated rings. The summed E-state index contributed by atoms with van der Waals surface area (Å²) in [7, 11) is 0. The molecule has 94 valence electrons. The van der Waals surface area contributed by atoms with Gasteiger partial charge in [0.05, 0.1) is 16.1 Å². The van der Waals surface area contributed by atoms with Crippen LogP contribution in [0.3, 0.4) is 0 Å². The number of rotatable bonds is 2. The topological polar surface area (TPSA) is 12.0 Å². The van der Waals surface area contributed by atoms with Crippen LogP contribution in [0, 0.1) is 11.6 Å². The van der Waals surface area contributed by atoms with Crippen molar-refractivity contribution in [2.45, 2.75) is 18.9 Å². The zero-order chi connectivity index (χ0) is 12.7. The Bertz CT molecular complexity index is 597. The number of nitrogens with one attached hydrogen (secondary N) is 1. The summed E-state index contributed by atoms with van der Waals surface area (Å²) in [5, 5.41) is 3.11. The number of benzene rings is 1. The second kappa shape index (κ2) is 4.52. The predicted molar refractivity (Wildman–Crippen MR) is 70.4 cm³/mol. The highest BCUT2D eigenvalue weighted by Gasteiger charge is 2.25. The molecule has 1 N–H and O–H groups in total. The summed E-state index contributed by atoms with van der Waals surface area (Å²) in [6.45, 7) is 0. The molecule has 18 heavy (non-hydrogen) atoms. The van der Waals surface area contributed by atoms with Crippen LogP contribution in [0.1, 0.15) is 22.9 Å². The molecule has 1 heterocycles. The fraction of sp³-hybridized carbons (Fsp3) is 0.231.